The highest BCUT2D eigenvalue weighted by Gasteiger charge is 2.39. The summed E-state index contributed by atoms with van der Waals surface area (Å²) >= 11 is 0. The van der Waals surface area contributed by atoms with Crippen molar-refractivity contribution in [3.8, 4) is 0 Å². The van der Waals surface area contributed by atoms with E-state index in [1.165, 1.54) is 22.0 Å². The average molecular weight is 327 g/mol. The van der Waals surface area contributed by atoms with Gasteiger partial charge in [-0.05, 0) is 27.7 Å². The van der Waals surface area contributed by atoms with Crippen molar-refractivity contribution >= 4 is 12.1 Å². The van der Waals surface area contributed by atoms with Crippen LogP contribution in [0.5, 0.6) is 0 Å². The molecular formula is C15H22FN3O4. The van der Waals surface area contributed by atoms with Gasteiger partial charge in [0, 0.05) is 12.7 Å². The van der Waals surface area contributed by atoms with Crippen LogP contribution in [-0.2, 0) is 9.47 Å². The zero-order valence-corrected chi connectivity index (χ0v) is 13.8. The van der Waals surface area contributed by atoms with Crippen LogP contribution in [0.1, 0.15) is 44.1 Å². The average Bonchev–Trinajstić information content (AvgIpc) is 3.03. The molecule has 2 rings (SSSR count). The summed E-state index contributed by atoms with van der Waals surface area (Å²) < 4.78 is 25.7. The van der Waals surface area contributed by atoms with Crippen LogP contribution in [0.15, 0.2) is 12.4 Å². The third-order valence-electron chi connectivity index (χ3n) is 3.32. The number of likely N-dealkylation sites (tertiary alicyclic amines) is 1. The topological polar surface area (TPSA) is 73.7 Å². The van der Waals surface area contributed by atoms with E-state index in [-0.39, 0.29) is 25.3 Å². The number of ether oxygens (including phenoxy) is 2. The molecular weight excluding hydrogens is 305 g/mol. The minimum atomic E-state index is -1.28. The Morgan fingerprint density at radius 2 is 2.09 bits per heavy atom. The minimum absolute atomic E-state index is 0.0613. The molecule has 1 aromatic rings. The SMILES string of the molecule is CCOC(=O)c1cnn([C@@H]2CN(C(=O)OC(C)(C)C)C[C@@H]2F)c1. The molecule has 0 spiro atoms. The van der Waals surface area contributed by atoms with Crippen LogP contribution < -0.4 is 0 Å². The highest BCUT2D eigenvalue weighted by Crippen LogP contribution is 2.26. The van der Waals surface area contributed by atoms with Crippen molar-refractivity contribution in [2.45, 2.75) is 45.5 Å². The Hall–Kier alpha value is -2.12. The quantitative estimate of drug-likeness (QED) is 0.796. The van der Waals surface area contributed by atoms with Crippen molar-refractivity contribution in [2.75, 3.05) is 19.7 Å². The van der Waals surface area contributed by atoms with E-state index in [0.29, 0.717) is 0 Å². The van der Waals surface area contributed by atoms with Crippen molar-refractivity contribution in [3.63, 3.8) is 0 Å². The number of aromatic nitrogens is 2. The summed E-state index contributed by atoms with van der Waals surface area (Å²) in [5.74, 6) is -0.504. The highest BCUT2D eigenvalue weighted by molar-refractivity contribution is 5.88. The second kappa shape index (κ2) is 6.55. The van der Waals surface area contributed by atoms with Gasteiger partial charge < -0.3 is 14.4 Å². The fraction of sp³-hybridized carbons (Fsp3) is 0.667. The number of esters is 1. The predicted octanol–water partition coefficient (Wildman–Crippen LogP) is 2.19. The first-order valence-electron chi connectivity index (χ1n) is 7.54. The molecule has 1 amide bonds. The van der Waals surface area contributed by atoms with Crippen molar-refractivity contribution in [2.24, 2.45) is 0 Å². The van der Waals surface area contributed by atoms with Gasteiger partial charge in [-0.15, -0.1) is 0 Å². The van der Waals surface area contributed by atoms with Gasteiger partial charge in [0.1, 0.15) is 17.8 Å². The van der Waals surface area contributed by atoms with E-state index in [9.17, 15) is 14.0 Å². The lowest BCUT2D eigenvalue weighted by atomic mass is 10.2. The lowest BCUT2D eigenvalue weighted by Gasteiger charge is -2.24. The van der Waals surface area contributed by atoms with E-state index in [4.69, 9.17) is 9.47 Å². The lowest BCUT2D eigenvalue weighted by Crippen LogP contribution is -2.35. The molecule has 2 atom stereocenters. The fourth-order valence-electron chi connectivity index (χ4n) is 2.31. The molecule has 1 aromatic heterocycles. The normalized spacial score (nSPS) is 21.3. The van der Waals surface area contributed by atoms with E-state index in [1.807, 2.05) is 0 Å². The number of alkyl halides is 1. The smallest absolute Gasteiger partial charge is 0.410 e. The van der Waals surface area contributed by atoms with Crippen molar-refractivity contribution < 1.29 is 23.5 Å². The van der Waals surface area contributed by atoms with Gasteiger partial charge in [-0.3, -0.25) is 4.68 Å². The van der Waals surface area contributed by atoms with E-state index in [1.54, 1.807) is 27.7 Å². The van der Waals surface area contributed by atoms with E-state index < -0.39 is 29.9 Å². The molecule has 0 unspecified atom stereocenters. The molecule has 0 aromatic carbocycles. The number of hydrogen-bond acceptors (Lipinski definition) is 5. The maximum absolute atomic E-state index is 14.2. The van der Waals surface area contributed by atoms with Crippen molar-refractivity contribution in [3.05, 3.63) is 18.0 Å². The predicted molar refractivity (Wildman–Crippen MR) is 79.9 cm³/mol. The summed E-state index contributed by atoms with van der Waals surface area (Å²) in [6.07, 6.45) is 0.937. The molecule has 8 heteroatoms. The second-order valence-corrected chi connectivity index (χ2v) is 6.40. The third-order valence-corrected chi connectivity index (χ3v) is 3.32. The Morgan fingerprint density at radius 1 is 1.39 bits per heavy atom. The van der Waals surface area contributed by atoms with E-state index in [0.717, 1.165) is 0 Å². The molecule has 23 heavy (non-hydrogen) atoms. The summed E-state index contributed by atoms with van der Waals surface area (Å²) in [6, 6.07) is -0.648. The van der Waals surface area contributed by atoms with Crippen LogP contribution in [0, 0.1) is 0 Å². The Balaban J connectivity index is 2.04. The van der Waals surface area contributed by atoms with Gasteiger partial charge in [-0.2, -0.15) is 5.10 Å². The zero-order valence-electron chi connectivity index (χ0n) is 13.8. The van der Waals surface area contributed by atoms with E-state index >= 15 is 0 Å². The van der Waals surface area contributed by atoms with E-state index in [2.05, 4.69) is 5.10 Å². The minimum Gasteiger partial charge on any atom is -0.462 e. The van der Waals surface area contributed by atoms with Gasteiger partial charge in [0.15, 0.2) is 0 Å². The number of rotatable bonds is 3. The van der Waals surface area contributed by atoms with Crippen molar-refractivity contribution in [1.29, 1.82) is 0 Å². The highest BCUT2D eigenvalue weighted by atomic mass is 19.1. The first-order chi connectivity index (χ1) is 10.7. The number of carbonyl (C=O) groups excluding carboxylic acids is 2. The molecule has 1 fully saturated rings. The Morgan fingerprint density at radius 3 is 2.70 bits per heavy atom. The van der Waals surface area contributed by atoms with Gasteiger partial charge in [-0.25, -0.2) is 14.0 Å². The summed E-state index contributed by atoms with van der Waals surface area (Å²) in [6.45, 7) is 7.30. The maximum Gasteiger partial charge on any atom is 0.410 e. The van der Waals surface area contributed by atoms with Gasteiger partial charge in [0.2, 0.25) is 0 Å². The number of nitrogens with zero attached hydrogens (tertiary/aromatic N) is 3. The van der Waals surface area contributed by atoms with Crippen molar-refractivity contribution in [1.82, 2.24) is 14.7 Å². The lowest BCUT2D eigenvalue weighted by molar-refractivity contribution is 0.0280. The van der Waals surface area contributed by atoms with Crippen LogP contribution in [-0.4, -0.2) is 58.2 Å². The molecule has 2 heterocycles. The standard InChI is InChI=1S/C15H22FN3O4/c1-5-22-13(20)10-6-17-19(7-10)12-9-18(8-11(12)16)14(21)23-15(2,3)4/h6-7,11-12H,5,8-9H2,1-4H3/t11-,12+/m0/s1. The van der Waals surface area contributed by atoms with Crippen LogP contribution in [0.4, 0.5) is 9.18 Å². The van der Waals surface area contributed by atoms with Crippen LogP contribution in [0.25, 0.3) is 0 Å². The monoisotopic (exact) mass is 327 g/mol. The third kappa shape index (κ3) is 4.20. The first-order valence-corrected chi connectivity index (χ1v) is 7.54. The molecule has 128 valence electrons. The summed E-state index contributed by atoms with van der Waals surface area (Å²) in [5, 5.41) is 4.02. The summed E-state index contributed by atoms with van der Waals surface area (Å²) in [5.41, 5.74) is -0.376. The largest absolute Gasteiger partial charge is 0.462 e. The number of carbonyl (C=O) groups is 2. The second-order valence-electron chi connectivity index (χ2n) is 6.40. The number of amides is 1. The number of hydrogen-bond donors (Lipinski definition) is 0. The van der Waals surface area contributed by atoms with Gasteiger partial charge >= 0.3 is 12.1 Å². The first kappa shape index (κ1) is 17.2. The van der Waals surface area contributed by atoms with Gasteiger partial charge in [-0.1, -0.05) is 0 Å². The Bertz CT molecular complexity index is 582. The molecule has 7 nitrogen and oxygen atoms in total. The molecule has 0 bridgehead atoms. The molecule has 1 aliphatic heterocycles. The molecule has 0 N–H and O–H groups in total. The fourth-order valence-corrected chi connectivity index (χ4v) is 2.31. The molecule has 0 radical (unpaired) electrons. The van der Waals surface area contributed by atoms with Crippen LogP contribution in [0.3, 0.4) is 0 Å². The molecule has 1 saturated heterocycles. The molecule has 0 aliphatic carbocycles. The molecule has 1 aliphatic rings. The number of halogens is 1. The molecule has 0 saturated carbocycles. The van der Waals surface area contributed by atoms with Gasteiger partial charge in [0.05, 0.1) is 24.9 Å². The zero-order chi connectivity index (χ0) is 17.2. The van der Waals surface area contributed by atoms with Crippen LogP contribution in [0.2, 0.25) is 0 Å². The Kier molecular flexibility index (Phi) is 4.91. The Labute approximate surface area is 134 Å². The van der Waals surface area contributed by atoms with Crippen LogP contribution >= 0.6 is 0 Å². The maximum atomic E-state index is 14.2. The summed E-state index contributed by atoms with van der Waals surface area (Å²) in [4.78, 5) is 25.0. The van der Waals surface area contributed by atoms with Gasteiger partial charge in [0.25, 0.3) is 0 Å². The summed E-state index contributed by atoms with van der Waals surface area (Å²) in [7, 11) is 0.